The van der Waals surface area contributed by atoms with E-state index in [0.29, 0.717) is 0 Å². The Morgan fingerprint density at radius 3 is 3.00 bits per heavy atom. The number of H-pyrrole nitrogens is 1. The van der Waals surface area contributed by atoms with Crippen molar-refractivity contribution in [2.24, 2.45) is 5.92 Å². The number of rotatable bonds is 1. The van der Waals surface area contributed by atoms with Gasteiger partial charge in [-0.05, 0) is 63.3 Å². The molecule has 2 heterocycles. The summed E-state index contributed by atoms with van der Waals surface area (Å²) in [7, 11) is 0. The molecule has 1 aromatic carbocycles. The summed E-state index contributed by atoms with van der Waals surface area (Å²) < 4.78 is 13.5. The van der Waals surface area contributed by atoms with Crippen molar-refractivity contribution in [3.8, 4) is 0 Å². The van der Waals surface area contributed by atoms with E-state index in [-0.39, 0.29) is 23.7 Å². The molecule has 1 aromatic heterocycles. The van der Waals surface area contributed by atoms with Gasteiger partial charge in [0.1, 0.15) is 11.6 Å². The highest BCUT2D eigenvalue weighted by Gasteiger charge is 2.35. The minimum atomic E-state index is -0.231. The Balaban J connectivity index is 1.63. The molecule has 0 bridgehead atoms. The Labute approximate surface area is 141 Å². The molecule has 5 heteroatoms. The minimum absolute atomic E-state index is 0.0317. The second kappa shape index (κ2) is 5.72. The molecule has 1 amide bonds. The fraction of sp³-hybridized carbons (Fsp3) is 0.474. The largest absolute Gasteiger partial charge is 0.346 e. The van der Waals surface area contributed by atoms with Crippen molar-refractivity contribution < 1.29 is 9.18 Å². The predicted octanol–water partition coefficient (Wildman–Crippen LogP) is 3.33. The normalized spacial score (nSPS) is 22.9. The molecular formula is C19H22FN3O. The molecule has 0 fully saturated rings. The average Bonchev–Trinajstić information content (AvgIpc) is 2.93. The maximum absolute atomic E-state index is 13.5. The highest BCUT2D eigenvalue weighted by Crippen LogP contribution is 2.34. The van der Waals surface area contributed by atoms with E-state index in [1.807, 2.05) is 11.8 Å². The molecule has 0 spiro atoms. The number of carbonyl (C=O) groups excluding carboxylic acids is 1. The maximum Gasteiger partial charge on any atom is 0.230 e. The van der Waals surface area contributed by atoms with Crippen LogP contribution in [-0.4, -0.2) is 21.9 Å². The van der Waals surface area contributed by atoms with E-state index < -0.39 is 0 Å². The van der Waals surface area contributed by atoms with E-state index in [9.17, 15) is 9.18 Å². The molecule has 126 valence electrons. The zero-order chi connectivity index (χ0) is 16.8. The van der Waals surface area contributed by atoms with Crippen LogP contribution < -0.4 is 4.90 Å². The number of aromatic amines is 1. The van der Waals surface area contributed by atoms with E-state index in [0.717, 1.165) is 60.6 Å². The van der Waals surface area contributed by atoms with Gasteiger partial charge < -0.3 is 9.88 Å². The second-order valence-corrected chi connectivity index (χ2v) is 7.06. The Morgan fingerprint density at radius 1 is 1.33 bits per heavy atom. The van der Waals surface area contributed by atoms with Crippen LogP contribution in [0.2, 0.25) is 0 Å². The molecule has 0 saturated carbocycles. The van der Waals surface area contributed by atoms with Gasteiger partial charge in [0.15, 0.2) is 0 Å². The molecule has 4 rings (SSSR count). The fourth-order valence-electron chi connectivity index (χ4n) is 4.09. The first-order chi connectivity index (χ1) is 11.5. The third-order valence-corrected chi connectivity index (χ3v) is 5.32. The smallest absolute Gasteiger partial charge is 0.230 e. The lowest BCUT2D eigenvalue weighted by molar-refractivity contribution is -0.123. The summed E-state index contributed by atoms with van der Waals surface area (Å²) in [5.41, 5.74) is 4.02. The maximum atomic E-state index is 13.5. The van der Waals surface area contributed by atoms with Gasteiger partial charge in [0.2, 0.25) is 5.91 Å². The Kier molecular flexibility index (Phi) is 3.66. The number of anilines is 1. The van der Waals surface area contributed by atoms with Crippen molar-refractivity contribution in [3.63, 3.8) is 0 Å². The number of carbonyl (C=O) groups is 1. The number of amides is 1. The first kappa shape index (κ1) is 15.4. The van der Waals surface area contributed by atoms with Crippen LogP contribution >= 0.6 is 0 Å². The number of hydrogen-bond donors (Lipinski definition) is 1. The lowest BCUT2D eigenvalue weighted by Gasteiger charge is -2.38. The zero-order valence-corrected chi connectivity index (χ0v) is 14.1. The van der Waals surface area contributed by atoms with Crippen LogP contribution in [0.1, 0.15) is 42.5 Å². The van der Waals surface area contributed by atoms with Crippen LogP contribution in [0.25, 0.3) is 0 Å². The molecule has 0 unspecified atom stereocenters. The van der Waals surface area contributed by atoms with Gasteiger partial charge in [-0.3, -0.25) is 4.79 Å². The number of benzene rings is 1. The molecule has 0 saturated heterocycles. The lowest BCUT2D eigenvalue weighted by Crippen LogP contribution is -2.46. The number of halogens is 1. The summed E-state index contributed by atoms with van der Waals surface area (Å²) in [6, 6.07) is 4.93. The lowest BCUT2D eigenvalue weighted by atomic mass is 9.87. The summed E-state index contributed by atoms with van der Waals surface area (Å²) in [5.74, 6) is 0.815. The molecular weight excluding hydrogens is 305 g/mol. The number of fused-ring (bicyclic) bond motifs is 2. The van der Waals surface area contributed by atoms with E-state index in [2.05, 4.69) is 16.9 Å². The molecule has 24 heavy (non-hydrogen) atoms. The molecule has 1 N–H and O–H groups in total. The standard InChI is InChI=1S/C19H22FN3O/c1-11-3-4-13-9-15(20)6-8-18(13)23(11)19(24)14-5-7-16-17(10-14)22-12(2)21-16/h6,8-9,11,14H,3-5,7,10H2,1-2H3,(H,21,22)/t11-,14+/m0/s1. The predicted molar refractivity (Wildman–Crippen MR) is 90.5 cm³/mol. The van der Waals surface area contributed by atoms with Gasteiger partial charge in [-0.1, -0.05) is 0 Å². The Bertz CT molecular complexity index is 798. The van der Waals surface area contributed by atoms with Crippen molar-refractivity contribution >= 4 is 11.6 Å². The molecule has 0 radical (unpaired) electrons. The van der Waals surface area contributed by atoms with Crippen LogP contribution in [0.4, 0.5) is 10.1 Å². The van der Waals surface area contributed by atoms with Gasteiger partial charge >= 0.3 is 0 Å². The number of imidazole rings is 1. The summed E-state index contributed by atoms with van der Waals surface area (Å²) >= 11 is 0. The van der Waals surface area contributed by atoms with E-state index in [4.69, 9.17) is 0 Å². The molecule has 2 aromatic rings. The first-order valence-electron chi connectivity index (χ1n) is 8.69. The van der Waals surface area contributed by atoms with Gasteiger partial charge in [0.25, 0.3) is 0 Å². The third kappa shape index (κ3) is 2.52. The molecule has 2 aliphatic rings. The van der Waals surface area contributed by atoms with Crippen LogP contribution in [0.3, 0.4) is 0 Å². The average molecular weight is 327 g/mol. The summed E-state index contributed by atoms with van der Waals surface area (Å²) in [6.45, 7) is 4.03. The van der Waals surface area contributed by atoms with Crippen molar-refractivity contribution in [2.75, 3.05) is 4.90 Å². The fourth-order valence-corrected chi connectivity index (χ4v) is 4.09. The minimum Gasteiger partial charge on any atom is -0.346 e. The number of nitrogens with one attached hydrogen (secondary N) is 1. The monoisotopic (exact) mass is 327 g/mol. The van der Waals surface area contributed by atoms with Crippen molar-refractivity contribution in [3.05, 3.63) is 46.8 Å². The second-order valence-electron chi connectivity index (χ2n) is 7.06. The number of nitrogens with zero attached hydrogens (tertiary/aromatic N) is 2. The Hall–Kier alpha value is -2.17. The quantitative estimate of drug-likeness (QED) is 0.873. The topological polar surface area (TPSA) is 49.0 Å². The van der Waals surface area contributed by atoms with Crippen molar-refractivity contribution in [1.29, 1.82) is 0 Å². The van der Waals surface area contributed by atoms with E-state index >= 15 is 0 Å². The van der Waals surface area contributed by atoms with Gasteiger partial charge in [-0.2, -0.15) is 0 Å². The Morgan fingerprint density at radius 2 is 2.17 bits per heavy atom. The SMILES string of the molecule is Cc1nc2c([nH]1)C[C@H](C(=O)N1c3ccc(F)cc3CC[C@@H]1C)CC2. The van der Waals surface area contributed by atoms with Gasteiger partial charge in [-0.25, -0.2) is 9.37 Å². The van der Waals surface area contributed by atoms with Gasteiger partial charge in [0.05, 0.1) is 5.69 Å². The number of aryl methyl sites for hydroxylation is 3. The summed E-state index contributed by atoms with van der Waals surface area (Å²) in [4.78, 5) is 22.9. The molecule has 4 nitrogen and oxygen atoms in total. The highest BCUT2D eigenvalue weighted by atomic mass is 19.1. The van der Waals surface area contributed by atoms with Crippen molar-refractivity contribution in [2.45, 2.75) is 52.0 Å². The molecule has 1 aliphatic carbocycles. The summed E-state index contributed by atoms with van der Waals surface area (Å²) in [5, 5.41) is 0. The van der Waals surface area contributed by atoms with Crippen LogP contribution in [0, 0.1) is 18.7 Å². The first-order valence-corrected chi connectivity index (χ1v) is 8.69. The molecule has 2 atom stereocenters. The zero-order valence-electron chi connectivity index (χ0n) is 14.1. The van der Waals surface area contributed by atoms with E-state index in [1.54, 1.807) is 12.1 Å². The van der Waals surface area contributed by atoms with Crippen LogP contribution in [0.5, 0.6) is 0 Å². The summed E-state index contributed by atoms with van der Waals surface area (Å²) in [6.07, 6.45) is 4.09. The highest BCUT2D eigenvalue weighted by molar-refractivity contribution is 5.97. The van der Waals surface area contributed by atoms with Crippen molar-refractivity contribution in [1.82, 2.24) is 9.97 Å². The number of hydrogen-bond acceptors (Lipinski definition) is 2. The molecule has 1 aliphatic heterocycles. The van der Waals surface area contributed by atoms with Gasteiger partial charge in [-0.15, -0.1) is 0 Å². The van der Waals surface area contributed by atoms with Crippen LogP contribution in [-0.2, 0) is 24.1 Å². The number of aromatic nitrogens is 2. The van der Waals surface area contributed by atoms with Crippen LogP contribution in [0.15, 0.2) is 18.2 Å². The van der Waals surface area contributed by atoms with E-state index in [1.165, 1.54) is 6.07 Å². The third-order valence-electron chi connectivity index (χ3n) is 5.32. The van der Waals surface area contributed by atoms with Gasteiger partial charge in [0, 0.05) is 29.8 Å².